The Morgan fingerprint density at radius 1 is 0.857 bits per heavy atom. The zero-order valence-electron chi connectivity index (χ0n) is 15.2. The number of esters is 2. The lowest BCUT2D eigenvalue weighted by molar-refractivity contribution is 0.0599. The Labute approximate surface area is 160 Å². The summed E-state index contributed by atoms with van der Waals surface area (Å²) in [4.78, 5) is 40.4. The summed E-state index contributed by atoms with van der Waals surface area (Å²) in [5.74, 6) is -1.29. The van der Waals surface area contributed by atoms with Gasteiger partial charge in [-0.3, -0.25) is 4.98 Å². The predicted octanol–water partition coefficient (Wildman–Crippen LogP) is 3.45. The van der Waals surface area contributed by atoms with Gasteiger partial charge in [0, 0.05) is 17.3 Å². The van der Waals surface area contributed by atoms with Crippen LogP contribution in [0.2, 0.25) is 0 Å². The zero-order valence-corrected chi connectivity index (χ0v) is 15.2. The molecule has 0 fully saturated rings. The Morgan fingerprint density at radius 3 is 2.14 bits per heavy atom. The highest BCUT2D eigenvalue weighted by atomic mass is 16.5. The molecule has 142 valence electrons. The molecule has 1 aromatic heterocycles. The zero-order chi connectivity index (χ0) is 20.1. The van der Waals surface area contributed by atoms with E-state index in [4.69, 9.17) is 0 Å². The molecule has 0 aliphatic rings. The van der Waals surface area contributed by atoms with Crippen molar-refractivity contribution in [1.29, 1.82) is 0 Å². The van der Waals surface area contributed by atoms with Crippen LogP contribution >= 0.6 is 0 Å². The van der Waals surface area contributed by atoms with Crippen molar-refractivity contribution in [3.63, 3.8) is 0 Å². The van der Waals surface area contributed by atoms with Gasteiger partial charge < -0.3 is 20.1 Å². The number of fused-ring (bicyclic) bond motifs is 1. The maximum Gasteiger partial charge on any atom is 0.337 e. The molecule has 0 saturated carbocycles. The quantitative estimate of drug-likeness (QED) is 0.673. The molecule has 28 heavy (non-hydrogen) atoms. The number of amides is 2. The number of nitrogens with zero attached hydrogens (tertiary/aromatic N) is 1. The van der Waals surface area contributed by atoms with Crippen LogP contribution in [-0.2, 0) is 9.47 Å². The Kier molecular flexibility index (Phi) is 5.50. The van der Waals surface area contributed by atoms with Gasteiger partial charge in [-0.2, -0.15) is 0 Å². The number of anilines is 2. The van der Waals surface area contributed by atoms with E-state index in [0.29, 0.717) is 11.2 Å². The summed E-state index contributed by atoms with van der Waals surface area (Å²) in [5, 5.41) is 6.19. The van der Waals surface area contributed by atoms with E-state index in [9.17, 15) is 14.4 Å². The minimum absolute atomic E-state index is 0.104. The van der Waals surface area contributed by atoms with Crippen LogP contribution in [0.1, 0.15) is 20.7 Å². The molecule has 3 aromatic rings. The van der Waals surface area contributed by atoms with Gasteiger partial charge in [0.05, 0.1) is 36.6 Å². The van der Waals surface area contributed by atoms with E-state index in [-0.39, 0.29) is 16.8 Å². The summed E-state index contributed by atoms with van der Waals surface area (Å²) >= 11 is 0. The van der Waals surface area contributed by atoms with Crippen LogP contribution in [0.4, 0.5) is 16.2 Å². The molecule has 8 heteroatoms. The number of hydrogen-bond donors (Lipinski definition) is 2. The minimum atomic E-state index is -0.646. The monoisotopic (exact) mass is 379 g/mol. The molecule has 1 heterocycles. The average molecular weight is 379 g/mol. The van der Waals surface area contributed by atoms with Gasteiger partial charge in [0.2, 0.25) is 0 Å². The van der Waals surface area contributed by atoms with Crippen LogP contribution in [0, 0.1) is 0 Å². The van der Waals surface area contributed by atoms with E-state index in [1.54, 1.807) is 24.4 Å². The standard InChI is InChI=1S/C20H17N3O5/c1-27-18(24)13-9-14(19(25)28-2)11-15(10-13)22-20(26)23-16-7-3-5-12-6-4-8-21-17(12)16/h3-11H,1-2H3,(H2,22,23,26). The molecule has 3 rings (SSSR count). The van der Waals surface area contributed by atoms with Gasteiger partial charge in [0.1, 0.15) is 0 Å². The van der Waals surface area contributed by atoms with Gasteiger partial charge in [-0.15, -0.1) is 0 Å². The van der Waals surface area contributed by atoms with E-state index in [1.807, 2.05) is 12.1 Å². The smallest absolute Gasteiger partial charge is 0.337 e. The maximum absolute atomic E-state index is 12.4. The molecular weight excluding hydrogens is 362 g/mol. The number of para-hydroxylation sites is 1. The summed E-state index contributed by atoms with van der Waals surface area (Å²) < 4.78 is 9.36. The lowest BCUT2D eigenvalue weighted by Gasteiger charge is -2.11. The topological polar surface area (TPSA) is 107 Å². The molecule has 2 aromatic carbocycles. The minimum Gasteiger partial charge on any atom is -0.465 e. The van der Waals surface area contributed by atoms with Crippen molar-refractivity contribution in [1.82, 2.24) is 4.98 Å². The number of carbonyl (C=O) groups is 3. The van der Waals surface area contributed by atoms with E-state index in [0.717, 1.165) is 5.39 Å². The van der Waals surface area contributed by atoms with Crippen LogP contribution in [0.25, 0.3) is 10.9 Å². The molecule has 0 atom stereocenters. The Bertz CT molecular complexity index is 1030. The number of rotatable bonds is 4. The number of carbonyl (C=O) groups excluding carboxylic acids is 3. The molecule has 8 nitrogen and oxygen atoms in total. The lowest BCUT2D eigenvalue weighted by atomic mass is 10.1. The summed E-state index contributed by atoms with van der Waals surface area (Å²) in [5.41, 5.74) is 1.60. The number of pyridine rings is 1. The second kappa shape index (κ2) is 8.17. The highest BCUT2D eigenvalue weighted by Crippen LogP contribution is 2.22. The molecule has 0 unspecified atom stereocenters. The summed E-state index contributed by atoms with van der Waals surface area (Å²) in [7, 11) is 2.45. The number of urea groups is 1. The molecule has 0 bridgehead atoms. The molecule has 0 radical (unpaired) electrons. The van der Waals surface area contributed by atoms with Crippen molar-refractivity contribution in [2.75, 3.05) is 24.9 Å². The first-order chi connectivity index (χ1) is 13.5. The average Bonchev–Trinajstić information content (AvgIpc) is 2.72. The summed E-state index contributed by atoms with van der Waals surface area (Å²) in [6.07, 6.45) is 1.63. The third-order valence-corrected chi connectivity index (χ3v) is 3.91. The van der Waals surface area contributed by atoms with Crippen molar-refractivity contribution in [3.05, 3.63) is 65.9 Å². The fourth-order valence-electron chi connectivity index (χ4n) is 2.66. The van der Waals surface area contributed by atoms with E-state index >= 15 is 0 Å². The number of ether oxygens (including phenoxy) is 2. The second-order valence-corrected chi connectivity index (χ2v) is 5.74. The SMILES string of the molecule is COC(=O)c1cc(NC(=O)Nc2cccc3cccnc23)cc(C(=O)OC)c1. The van der Waals surface area contributed by atoms with Crippen LogP contribution < -0.4 is 10.6 Å². The van der Waals surface area contributed by atoms with E-state index in [2.05, 4.69) is 25.1 Å². The Morgan fingerprint density at radius 2 is 1.50 bits per heavy atom. The van der Waals surface area contributed by atoms with Crippen LogP contribution in [0.5, 0.6) is 0 Å². The normalized spacial score (nSPS) is 10.2. The van der Waals surface area contributed by atoms with Crippen molar-refractivity contribution in [3.8, 4) is 0 Å². The maximum atomic E-state index is 12.4. The molecular formula is C20H17N3O5. The van der Waals surface area contributed by atoms with Crippen LogP contribution in [0.15, 0.2) is 54.7 Å². The third-order valence-electron chi connectivity index (χ3n) is 3.91. The molecule has 2 N–H and O–H groups in total. The summed E-state index contributed by atoms with van der Waals surface area (Å²) in [6.45, 7) is 0. The number of methoxy groups -OCH3 is 2. The molecule has 2 amide bonds. The van der Waals surface area contributed by atoms with E-state index < -0.39 is 18.0 Å². The third kappa shape index (κ3) is 4.07. The number of benzene rings is 2. The molecule has 0 saturated heterocycles. The van der Waals surface area contributed by atoms with Gasteiger partial charge in [0.25, 0.3) is 0 Å². The highest BCUT2D eigenvalue weighted by molar-refractivity contribution is 6.06. The van der Waals surface area contributed by atoms with Gasteiger partial charge in [-0.1, -0.05) is 18.2 Å². The second-order valence-electron chi connectivity index (χ2n) is 5.74. The van der Waals surface area contributed by atoms with Crippen molar-refractivity contribution < 1.29 is 23.9 Å². The highest BCUT2D eigenvalue weighted by Gasteiger charge is 2.15. The van der Waals surface area contributed by atoms with Gasteiger partial charge in [-0.25, -0.2) is 14.4 Å². The van der Waals surface area contributed by atoms with Gasteiger partial charge in [-0.05, 0) is 30.3 Å². The number of nitrogens with one attached hydrogen (secondary N) is 2. The van der Waals surface area contributed by atoms with Crippen molar-refractivity contribution in [2.24, 2.45) is 0 Å². The molecule has 0 aliphatic carbocycles. The Hall–Kier alpha value is -3.94. The Balaban J connectivity index is 1.86. The summed E-state index contributed by atoms with van der Waals surface area (Å²) in [6, 6.07) is 12.7. The predicted molar refractivity (Wildman–Crippen MR) is 104 cm³/mol. The fourth-order valence-corrected chi connectivity index (χ4v) is 2.66. The van der Waals surface area contributed by atoms with Crippen LogP contribution in [-0.4, -0.2) is 37.2 Å². The van der Waals surface area contributed by atoms with Crippen molar-refractivity contribution in [2.45, 2.75) is 0 Å². The van der Waals surface area contributed by atoms with Gasteiger partial charge >= 0.3 is 18.0 Å². The first kappa shape index (κ1) is 18.8. The first-order valence-corrected chi connectivity index (χ1v) is 8.25. The molecule has 0 aliphatic heterocycles. The van der Waals surface area contributed by atoms with E-state index in [1.165, 1.54) is 32.4 Å². The van der Waals surface area contributed by atoms with Gasteiger partial charge in [0.15, 0.2) is 0 Å². The number of hydrogen-bond acceptors (Lipinski definition) is 6. The fraction of sp³-hybridized carbons (Fsp3) is 0.100. The van der Waals surface area contributed by atoms with Crippen LogP contribution in [0.3, 0.4) is 0 Å². The molecule has 0 spiro atoms. The first-order valence-electron chi connectivity index (χ1n) is 8.25. The number of aromatic nitrogens is 1. The van der Waals surface area contributed by atoms with Crippen molar-refractivity contribution >= 4 is 40.2 Å². The lowest BCUT2D eigenvalue weighted by Crippen LogP contribution is -2.20. The largest absolute Gasteiger partial charge is 0.465 e.